The SMILES string of the molecule is CCS(=O)(=O)N1CCC(c2cccs2)S(=O)(=O)CC1. The fourth-order valence-corrected chi connectivity index (χ4v) is 6.42. The molecule has 0 saturated carbocycles. The molecule has 2 rings (SSSR count). The van der Waals surface area contributed by atoms with E-state index in [1.165, 1.54) is 15.6 Å². The highest BCUT2D eigenvalue weighted by molar-refractivity contribution is 7.92. The lowest BCUT2D eigenvalue weighted by Gasteiger charge is -2.18. The van der Waals surface area contributed by atoms with Crippen LogP contribution in [0.2, 0.25) is 0 Å². The molecule has 1 aliphatic heterocycles. The molecular formula is C11H17NO4S3. The maximum Gasteiger partial charge on any atom is 0.213 e. The van der Waals surface area contributed by atoms with Gasteiger partial charge in [-0.1, -0.05) is 6.07 Å². The van der Waals surface area contributed by atoms with E-state index in [9.17, 15) is 16.8 Å². The molecule has 0 aromatic carbocycles. The third-order valence-corrected chi connectivity index (χ3v) is 8.44. The summed E-state index contributed by atoms with van der Waals surface area (Å²) in [7, 11) is -6.59. The summed E-state index contributed by atoms with van der Waals surface area (Å²) in [6, 6.07) is 3.62. The summed E-state index contributed by atoms with van der Waals surface area (Å²) in [5.74, 6) is -0.0918. The maximum atomic E-state index is 12.2. The standard InChI is InChI=1S/C11H17NO4S3/c1-2-19(15,16)12-6-5-11(10-4-3-8-17-10)18(13,14)9-7-12/h3-4,8,11H,2,5-7,9H2,1H3. The Labute approximate surface area is 118 Å². The van der Waals surface area contributed by atoms with Crippen LogP contribution in [0.5, 0.6) is 0 Å². The van der Waals surface area contributed by atoms with Crippen LogP contribution in [0.1, 0.15) is 23.5 Å². The minimum absolute atomic E-state index is 0.0106. The zero-order valence-corrected chi connectivity index (χ0v) is 13.1. The molecule has 0 amide bonds. The lowest BCUT2D eigenvalue weighted by Crippen LogP contribution is -2.34. The van der Waals surface area contributed by atoms with Crippen molar-refractivity contribution in [1.82, 2.24) is 4.31 Å². The van der Waals surface area contributed by atoms with Crippen molar-refractivity contribution in [2.45, 2.75) is 18.6 Å². The second-order valence-electron chi connectivity index (χ2n) is 4.46. The van der Waals surface area contributed by atoms with E-state index in [-0.39, 0.29) is 24.6 Å². The van der Waals surface area contributed by atoms with Gasteiger partial charge in [0.1, 0.15) is 0 Å². The van der Waals surface area contributed by atoms with Gasteiger partial charge in [0.2, 0.25) is 10.0 Å². The van der Waals surface area contributed by atoms with Gasteiger partial charge in [-0.25, -0.2) is 21.1 Å². The van der Waals surface area contributed by atoms with Crippen LogP contribution in [0.25, 0.3) is 0 Å². The first-order valence-electron chi connectivity index (χ1n) is 6.09. The third kappa shape index (κ3) is 3.18. The van der Waals surface area contributed by atoms with Crippen molar-refractivity contribution in [3.8, 4) is 0 Å². The molecule has 19 heavy (non-hydrogen) atoms. The Bertz CT molecular complexity index is 619. The van der Waals surface area contributed by atoms with Crippen LogP contribution in [0.3, 0.4) is 0 Å². The molecule has 1 unspecified atom stereocenters. The molecule has 1 aromatic rings. The highest BCUT2D eigenvalue weighted by Crippen LogP contribution is 2.32. The molecule has 0 spiro atoms. The van der Waals surface area contributed by atoms with Gasteiger partial charge in [0, 0.05) is 18.0 Å². The molecule has 1 saturated heterocycles. The average Bonchev–Trinajstić information content (AvgIpc) is 2.81. The summed E-state index contributed by atoms with van der Waals surface area (Å²) in [6.45, 7) is 1.92. The summed E-state index contributed by atoms with van der Waals surface area (Å²) in [5, 5.41) is 1.28. The topological polar surface area (TPSA) is 71.5 Å². The molecule has 1 aliphatic rings. The molecule has 1 aromatic heterocycles. The first-order chi connectivity index (χ1) is 8.87. The maximum absolute atomic E-state index is 12.2. The first-order valence-corrected chi connectivity index (χ1v) is 10.3. The van der Waals surface area contributed by atoms with Crippen LogP contribution in [0.15, 0.2) is 17.5 Å². The van der Waals surface area contributed by atoms with E-state index in [0.29, 0.717) is 6.42 Å². The molecule has 108 valence electrons. The Kier molecular flexibility index (Phi) is 4.34. The van der Waals surface area contributed by atoms with Crippen molar-refractivity contribution in [3.63, 3.8) is 0 Å². The van der Waals surface area contributed by atoms with E-state index in [4.69, 9.17) is 0 Å². The van der Waals surface area contributed by atoms with Crippen LogP contribution in [-0.4, -0.2) is 45.7 Å². The van der Waals surface area contributed by atoms with Crippen molar-refractivity contribution < 1.29 is 16.8 Å². The molecule has 0 N–H and O–H groups in total. The lowest BCUT2D eigenvalue weighted by molar-refractivity contribution is 0.429. The van der Waals surface area contributed by atoms with E-state index < -0.39 is 25.1 Å². The zero-order chi connectivity index (χ0) is 14.1. The quantitative estimate of drug-likeness (QED) is 0.839. The Balaban J connectivity index is 2.27. The molecule has 8 heteroatoms. The minimum Gasteiger partial charge on any atom is -0.228 e. The zero-order valence-electron chi connectivity index (χ0n) is 10.6. The Morgan fingerprint density at radius 1 is 1.42 bits per heavy atom. The third-order valence-electron chi connectivity index (χ3n) is 3.32. The first kappa shape index (κ1) is 15.0. The molecule has 5 nitrogen and oxygen atoms in total. The molecular weight excluding hydrogens is 306 g/mol. The van der Waals surface area contributed by atoms with Crippen LogP contribution >= 0.6 is 11.3 Å². The lowest BCUT2D eigenvalue weighted by atomic mass is 10.2. The van der Waals surface area contributed by atoms with Gasteiger partial charge < -0.3 is 0 Å². The van der Waals surface area contributed by atoms with Gasteiger partial charge in [-0.3, -0.25) is 0 Å². The van der Waals surface area contributed by atoms with Gasteiger partial charge in [0.05, 0.1) is 16.8 Å². The fourth-order valence-electron chi connectivity index (χ4n) is 2.18. The summed E-state index contributed by atoms with van der Waals surface area (Å²) >= 11 is 1.41. The van der Waals surface area contributed by atoms with Crippen molar-refractivity contribution >= 4 is 31.2 Å². The Morgan fingerprint density at radius 2 is 2.16 bits per heavy atom. The molecule has 0 aliphatic carbocycles. The van der Waals surface area contributed by atoms with E-state index in [2.05, 4.69) is 0 Å². The smallest absolute Gasteiger partial charge is 0.213 e. The summed E-state index contributed by atoms with van der Waals surface area (Å²) in [4.78, 5) is 0.802. The van der Waals surface area contributed by atoms with Gasteiger partial charge in [-0.2, -0.15) is 0 Å². The number of sulfonamides is 1. The minimum atomic E-state index is -3.31. The van der Waals surface area contributed by atoms with Crippen LogP contribution < -0.4 is 0 Å². The van der Waals surface area contributed by atoms with Crippen LogP contribution in [0.4, 0.5) is 0 Å². The van der Waals surface area contributed by atoms with Crippen LogP contribution in [-0.2, 0) is 19.9 Å². The summed E-state index contributed by atoms with van der Waals surface area (Å²) < 4.78 is 49.5. The van der Waals surface area contributed by atoms with Crippen molar-refractivity contribution in [1.29, 1.82) is 0 Å². The van der Waals surface area contributed by atoms with Gasteiger partial charge in [0.15, 0.2) is 9.84 Å². The number of nitrogens with zero attached hydrogens (tertiary/aromatic N) is 1. The van der Waals surface area contributed by atoms with E-state index >= 15 is 0 Å². The van der Waals surface area contributed by atoms with Crippen molar-refractivity contribution in [2.24, 2.45) is 0 Å². The van der Waals surface area contributed by atoms with Gasteiger partial charge in [-0.15, -0.1) is 11.3 Å². The number of sulfone groups is 1. The highest BCUT2D eigenvalue weighted by atomic mass is 32.2. The van der Waals surface area contributed by atoms with Crippen molar-refractivity contribution in [2.75, 3.05) is 24.6 Å². The summed E-state index contributed by atoms with van der Waals surface area (Å²) in [6.07, 6.45) is 0.335. The average molecular weight is 323 g/mol. The second-order valence-corrected chi connectivity index (χ2v) is 10.00. The van der Waals surface area contributed by atoms with Crippen molar-refractivity contribution in [3.05, 3.63) is 22.4 Å². The number of hydrogen-bond acceptors (Lipinski definition) is 5. The molecule has 2 heterocycles. The van der Waals surface area contributed by atoms with E-state index in [1.54, 1.807) is 13.0 Å². The number of hydrogen-bond donors (Lipinski definition) is 0. The predicted octanol–water partition coefficient (Wildman–Crippen LogP) is 1.26. The normalized spacial score (nSPS) is 25.0. The van der Waals surface area contributed by atoms with E-state index in [0.717, 1.165) is 4.88 Å². The molecule has 1 atom stereocenters. The number of rotatable bonds is 3. The largest absolute Gasteiger partial charge is 0.228 e. The second kappa shape index (κ2) is 5.51. The fraction of sp³-hybridized carbons (Fsp3) is 0.636. The molecule has 0 bridgehead atoms. The van der Waals surface area contributed by atoms with Crippen LogP contribution in [0, 0.1) is 0 Å². The molecule has 1 fully saturated rings. The Morgan fingerprint density at radius 3 is 2.74 bits per heavy atom. The summed E-state index contributed by atoms with van der Waals surface area (Å²) in [5.41, 5.74) is 0. The Hall–Kier alpha value is -0.440. The number of thiophene rings is 1. The van der Waals surface area contributed by atoms with Gasteiger partial charge in [0.25, 0.3) is 0 Å². The predicted molar refractivity (Wildman–Crippen MR) is 76.5 cm³/mol. The van der Waals surface area contributed by atoms with Gasteiger partial charge in [-0.05, 0) is 24.8 Å². The monoisotopic (exact) mass is 323 g/mol. The highest BCUT2D eigenvalue weighted by Gasteiger charge is 2.34. The van der Waals surface area contributed by atoms with E-state index in [1.807, 2.05) is 11.4 Å². The molecule has 0 radical (unpaired) electrons. The van der Waals surface area contributed by atoms with Gasteiger partial charge >= 0.3 is 0 Å².